The smallest absolute Gasteiger partial charge is 0.0655 e. The average molecular weight is 274 g/mol. The second-order valence-corrected chi connectivity index (χ2v) is 5.78. The van der Waals surface area contributed by atoms with Crippen LogP contribution in [0.25, 0.3) is 0 Å². The zero-order chi connectivity index (χ0) is 12.5. The van der Waals surface area contributed by atoms with Crippen LogP contribution in [0.3, 0.4) is 0 Å². The number of aliphatic hydroxyl groups excluding tert-OH is 1. The van der Waals surface area contributed by atoms with E-state index < -0.39 is 5.54 Å². The van der Waals surface area contributed by atoms with Crippen molar-refractivity contribution in [2.45, 2.75) is 25.3 Å². The lowest BCUT2D eigenvalue weighted by Crippen LogP contribution is -2.44. The van der Waals surface area contributed by atoms with E-state index in [2.05, 4.69) is 5.32 Å². The fourth-order valence-corrected chi connectivity index (χ4v) is 2.35. The minimum Gasteiger partial charge on any atom is -0.394 e. The van der Waals surface area contributed by atoms with Crippen LogP contribution in [0.5, 0.6) is 0 Å². The van der Waals surface area contributed by atoms with Crippen molar-refractivity contribution in [2.24, 2.45) is 5.92 Å². The van der Waals surface area contributed by atoms with E-state index in [0.717, 1.165) is 18.0 Å². The fraction of sp³-hybridized carbons (Fsp3) is 0.538. The minimum absolute atomic E-state index is 0.000216. The molecule has 1 fully saturated rings. The summed E-state index contributed by atoms with van der Waals surface area (Å²) in [6, 6.07) is 5.35. The molecule has 0 heterocycles. The third-order valence-corrected chi connectivity index (χ3v) is 3.88. The number of halogens is 2. The van der Waals surface area contributed by atoms with Gasteiger partial charge in [-0.1, -0.05) is 23.2 Å². The van der Waals surface area contributed by atoms with Gasteiger partial charge < -0.3 is 10.4 Å². The first-order valence-electron chi connectivity index (χ1n) is 5.86. The van der Waals surface area contributed by atoms with Gasteiger partial charge in [0.2, 0.25) is 0 Å². The highest BCUT2D eigenvalue weighted by molar-refractivity contribution is 6.33. The molecule has 17 heavy (non-hydrogen) atoms. The number of benzene rings is 1. The zero-order valence-corrected chi connectivity index (χ0v) is 11.4. The molecule has 1 saturated carbocycles. The molecule has 1 aromatic rings. The molecule has 0 aromatic heterocycles. The Kier molecular flexibility index (Phi) is 3.99. The third kappa shape index (κ3) is 3.14. The molecule has 94 valence electrons. The van der Waals surface area contributed by atoms with Gasteiger partial charge in [-0.2, -0.15) is 0 Å². The average Bonchev–Trinajstić information content (AvgIpc) is 3.13. The van der Waals surface area contributed by atoms with Gasteiger partial charge in [-0.25, -0.2) is 0 Å². The summed E-state index contributed by atoms with van der Waals surface area (Å²) in [6.45, 7) is 2.87. The van der Waals surface area contributed by atoms with Crippen LogP contribution in [-0.2, 0) is 5.54 Å². The molecule has 1 unspecified atom stereocenters. The van der Waals surface area contributed by atoms with Crippen molar-refractivity contribution in [2.75, 3.05) is 13.2 Å². The van der Waals surface area contributed by atoms with Gasteiger partial charge in [0.25, 0.3) is 0 Å². The van der Waals surface area contributed by atoms with E-state index in [1.54, 1.807) is 12.1 Å². The normalized spacial score (nSPS) is 19.1. The molecule has 2 nitrogen and oxygen atoms in total. The highest BCUT2D eigenvalue weighted by Crippen LogP contribution is 2.33. The quantitative estimate of drug-likeness (QED) is 0.864. The number of aliphatic hydroxyl groups is 1. The van der Waals surface area contributed by atoms with E-state index in [1.165, 1.54) is 12.8 Å². The molecule has 0 amide bonds. The molecule has 0 bridgehead atoms. The van der Waals surface area contributed by atoms with Gasteiger partial charge in [0.15, 0.2) is 0 Å². The van der Waals surface area contributed by atoms with Crippen LogP contribution >= 0.6 is 23.2 Å². The molecule has 1 aliphatic rings. The van der Waals surface area contributed by atoms with Gasteiger partial charge in [0.05, 0.1) is 12.1 Å². The zero-order valence-electron chi connectivity index (χ0n) is 9.84. The molecule has 0 saturated heterocycles. The Morgan fingerprint density at radius 3 is 2.71 bits per heavy atom. The van der Waals surface area contributed by atoms with E-state index >= 15 is 0 Å². The second-order valence-electron chi connectivity index (χ2n) is 4.94. The first-order chi connectivity index (χ1) is 8.05. The van der Waals surface area contributed by atoms with Crippen LogP contribution < -0.4 is 5.32 Å². The van der Waals surface area contributed by atoms with Gasteiger partial charge in [-0.3, -0.25) is 0 Å². The van der Waals surface area contributed by atoms with Crippen LogP contribution in [0.4, 0.5) is 0 Å². The van der Waals surface area contributed by atoms with Gasteiger partial charge >= 0.3 is 0 Å². The van der Waals surface area contributed by atoms with Crippen LogP contribution in [0.15, 0.2) is 18.2 Å². The summed E-state index contributed by atoms with van der Waals surface area (Å²) in [6.07, 6.45) is 2.55. The lowest BCUT2D eigenvalue weighted by atomic mass is 9.92. The lowest BCUT2D eigenvalue weighted by Gasteiger charge is -2.30. The highest BCUT2D eigenvalue weighted by Gasteiger charge is 2.31. The molecular weight excluding hydrogens is 257 g/mol. The van der Waals surface area contributed by atoms with Crippen molar-refractivity contribution in [1.82, 2.24) is 5.32 Å². The Hall–Kier alpha value is -0.280. The van der Waals surface area contributed by atoms with Crippen LogP contribution in [0, 0.1) is 5.92 Å². The van der Waals surface area contributed by atoms with Crippen molar-refractivity contribution in [3.63, 3.8) is 0 Å². The number of hydrogen-bond donors (Lipinski definition) is 2. The molecule has 2 rings (SSSR count). The molecule has 2 N–H and O–H groups in total. The van der Waals surface area contributed by atoms with Crippen molar-refractivity contribution >= 4 is 23.2 Å². The third-order valence-electron chi connectivity index (χ3n) is 3.32. The molecular formula is C13H17Cl2NO. The molecule has 4 heteroatoms. The predicted octanol–water partition coefficient (Wildman–Crippen LogP) is 3.20. The number of nitrogens with one attached hydrogen (secondary N) is 1. The summed E-state index contributed by atoms with van der Waals surface area (Å²) in [5.41, 5.74) is 0.333. The maximum atomic E-state index is 9.62. The Balaban J connectivity index is 2.21. The molecule has 1 atom stereocenters. The molecule has 1 aromatic carbocycles. The topological polar surface area (TPSA) is 32.3 Å². The molecule has 0 spiro atoms. The molecule has 0 radical (unpaired) electrons. The van der Waals surface area contributed by atoms with Gasteiger partial charge in [-0.05, 0) is 56.0 Å². The van der Waals surface area contributed by atoms with Gasteiger partial charge in [0, 0.05) is 10.0 Å². The van der Waals surface area contributed by atoms with Gasteiger partial charge in [0.1, 0.15) is 0 Å². The van der Waals surface area contributed by atoms with E-state index in [4.69, 9.17) is 23.2 Å². The molecule has 1 aliphatic carbocycles. The maximum absolute atomic E-state index is 9.62. The minimum atomic E-state index is -0.523. The van der Waals surface area contributed by atoms with Crippen molar-refractivity contribution in [3.05, 3.63) is 33.8 Å². The van der Waals surface area contributed by atoms with Crippen LogP contribution in [-0.4, -0.2) is 18.3 Å². The SMILES string of the molecule is CC(CO)(NCC1CC1)c1cc(Cl)ccc1Cl. The summed E-state index contributed by atoms with van der Waals surface area (Å²) < 4.78 is 0. The number of hydrogen-bond acceptors (Lipinski definition) is 2. The highest BCUT2D eigenvalue weighted by atomic mass is 35.5. The maximum Gasteiger partial charge on any atom is 0.0655 e. The standard InChI is InChI=1S/C13H17Cl2NO/c1-13(8-17,16-7-9-2-3-9)11-6-10(14)4-5-12(11)15/h4-6,9,16-17H,2-3,7-8H2,1H3. The summed E-state index contributed by atoms with van der Waals surface area (Å²) in [4.78, 5) is 0. The van der Waals surface area contributed by atoms with E-state index in [9.17, 15) is 5.11 Å². The van der Waals surface area contributed by atoms with Crippen molar-refractivity contribution < 1.29 is 5.11 Å². The van der Waals surface area contributed by atoms with E-state index in [0.29, 0.717) is 10.0 Å². The van der Waals surface area contributed by atoms with E-state index in [-0.39, 0.29) is 6.61 Å². The van der Waals surface area contributed by atoms with Gasteiger partial charge in [-0.15, -0.1) is 0 Å². The van der Waals surface area contributed by atoms with Crippen molar-refractivity contribution in [3.8, 4) is 0 Å². The Morgan fingerprint density at radius 2 is 2.12 bits per heavy atom. The lowest BCUT2D eigenvalue weighted by molar-refractivity contribution is 0.174. The van der Waals surface area contributed by atoms with Crippen LogP contribution in [0.1, 0.15) is 25.3 Å². The summed E-state index contributed by atoms with van der Waals surface area (Å²) in [7, 11) is 0. The Bertz CT molecular complexity index is 406. The first-order valence-corrected chi connectivity index (χ1v) is 6.62. The second kappa shape index (κ2) is 5.15. The van der Waals surface area contributed by atoms with E-state index in [1.807, 2.05) is 13.0 Å². The fourth-order valence-electron chi connectivity index (χ4n) is 1.85. The summed E-state index contributed by atoms with van der Waals surface area (Å²) in [5.74, 6) is 0.749. The number of rotatable bonds is 5. The monoisotopic (exact) mass is 273 g/mol. The summed E-state index contributed by atoms with van der Waals surface area (Å²) in [5, 5.41) is 14.3. The van der Waals surface area contributed by atoms with Crippen LogP contribution in [0.2, 0.25) is 10.0 Å². The Morgan fingerprint density at radius 1 is 1.41 bits per heavy atom. The predicted molar refractivity (Wildman–Crippen MR) is 71.6 cm³/mol. The largest absolute Gasteiger partial charge is 0.394 e. The molecule has 0 aliphatic heterocycles. The first kappa shape index (κ1) is 13.2. The Labute approximate surface area is 112 Å². The summed E-state index contributed by atoms with van der Waals surface area (Å²) >= 11 is 12.2. The van der Waals surface area contributed by atoms with Crippen molar-refractivity contribution in [1.29, 1.82) is 0 Å².